The van der Waals surface area contributed by atoms with Gasteiger partial charge in [0.2, 0.25) is 5.91 Å². The minimum atomic E-state index is -0.436. The third-order valence-corrected chi connectivity index (χ3v) is 4.17. The van der Waals surface area contributed by atoms with Crippen LogP contribution in [0.1, 0.15) is 30.3 Å². The number of aromatic nitrogens is 4. The molecular formula is C16H23ClN6O. The highest BCUT2D eigenvalue weighted by molar-refractivity contribution is 5.85. The molecule has 0 bridgehead atoms. The van der Waals surface area contributed by atoms with Gasteiger partial charge in [-0.3, -0.25) is 4.79 Å². The molecule has 0 aliphatic carbocycles. The van der Waals surface area contributed by atoms with Crippen molar-refractivity contribution in [1.82, 2.24) is 30.8 Å². The van der Waals surface area contributed by atoms with E-state index in [0.717, 1.165) is 31.5 Å². The molecule has 2 unspecified atom stereocenters. The summed E-state index contributed by atoms with van der Waals surface area (Å²) in [5.41, 5.74) is 1.09. The first-order chi connectivity index (χ1) is 11.2. The van der Waals surface area contributed by atoms with E-state index in [1.54, 1.807) is 4.68 Å². The normalized spacial score (nSPS) is 18.5. The molecule has 130 valence electrons. The van der Waals surface area contributed by atoms with Crippen molar-refractivity contribution in [3.63, 3.8) is 0 Å². The van der Waals surface area contributed by atoms with Crippen molar-refractivity contribution in [3.8, 4) is 0 Å². The number of hydrogen-bond donors (Lipinski definition) is 2. The zero-order valence-electron chi connectivity index (χ0n) is 13.7. The van der Waals surface area contributed by atoms with Crippen molar-refractivity contribution in [2.75, 3.05) is 13.1 Å². The van der Waals surface area contributed by atoms with E-state index in [0.29, 0.717) is 12.2 Å². The third-order valence-electron chi connectivity index (χ3n) is 4.17. The van der Waals surface area contributed by atoms with Crippen LogP contribution in [0.15, 0.2) is 30.3 Å². The summed E-state index contributed by atoms with van der Waals surface area (Å²) in [6.07, 6.45) is 2.66. The van der Waals surface area contributed by atoms with Crippen molar-refractivity contribution in [3.05, 3.63) is 41.7 Å². The number of piperidine rings is 1. The number of nitrogens with one attached hydrogen (secondary N) is 2. The fourth-order valence-electron chi connectivity index (χ4n) is 2.93. The molecule has 2 heterocycles. The molecule has 1 aromatic carbocycles. The molecule has 2 atom stereocenters. The quantitative estimate of drug-likeness (QED) is 0.842. The van der Waals surface area contributed by atoms with Crippen LogP contribution in [0.3, 0.4) is 0 Å². The summed E-state index contributed by atoms with van der Waals surface area (Å²) in [7, 11) is 0. The van der Waals surface area contributed by atoms with Gasteiger partial charge in [-0.15, -0.1) is 17.5 Å². The van der Waals surface area contributed by atoms with Crippen molar-refractivity contribution in [2.24, 2.45) is 0 Å². The summed E-state index contributed by atoms with van der Waals surface area (Å²) in [6.45, 7) is 3.65. The van der Waals surface area contributed by atoms with Crippen LogP contribution in [-0.2, 0) is 11.2 Å². The molecule has 1 amide bonds. The van der Waals surface area contributed by atoms with Gasteiger partial charge >= 0.3 is 0 Å². The van der Waals surface area contributed by atoms with Crippen molar-refractivity contribution in [1.29, 1.82) is 0 Å². The van der Waals surface area contributed by atoms with E-state index in [4.69, 9.17) is 0 Å². The number of halogens is 1. The summed E-state index contributed by atoms with van der Waals surface area (Å²) in [5.74, 6) is 0.612. The van der Waals surface area contributed by atoms with E-state index >= 15 is 0 Å². The molecule has 2 aromatic rings. The molecule has 1 fully saturated rings. The Kier molecular flexibility index (Phi) is 6.69. The van der Waals surface area contributed by atoms with Crippen molar-refractivity contribution < 1.29 is 4.79 Å². The van der Waals surface area contributed by atoms with Gasteiger partial charge in [-0.05, 0) is 42.3 Å². The second-order valence-electron chi connectivity index (χ2n) is 5.93. The lowest BCUT2D eigenvalue weighted by Crippen LogP contribution is -2.48. The highest BCUT2D eigenvalue weighted by atomic mass is 35.5. The summed E-state index contributed by atoms with van der Waals surface area (Å²) < 4.78 is 1.61. The van der Waals surface area contributed by atoms with Gasteiger partial charge in [0, 0.05) is 19.0 Å². The Morgan fingerprint density at radius 2 is 2.21 bits per heavy atom. The first-order valence-corrected chi connectivity index (χ1v) is 8.03. The third kappa shape index (κ3) is 4.52. The van der Waals surface area contributed by atoms with Crippen LogP contribution in [0, 0.1) is 6.92 Å². The minimum absolute atomic E-state index is 0. The van der Waals surface area contributed by atoms with Gasteiger partial charge in [0.25, 0.3) is 0 Å². The molecule has 7 nitrogen and oxygen atoms in total. The Labute approximate surface area is 147 Å². The number of carbonyl (C=O) groups excluding carboxylic acids is 1. The van der Waals surface area contributed by atoms with Crippen LogP contribution >= 0.6 is 12.4 Å². The molecule has 3 rings (SSSR count). The zero-order valence-corrected chi connectivity index (χ0v) is 14.5. The summed E-state index contributed by atoms with van der Waals surface area (Å²) >= 11 is 0. The number of benzene rings is 1. The predicted octanol–water partition coefficient (Wildman–Crippen LogP) is 1.06. The number of nitrogens with zero attached hydrogens (tertiary/aromatic N) is 4. The van der Waals surface area contributed by atoms with E-state index in [9.17, 15) is 4.79 Å². The van der Waals surface area contributed by atoms with Crippen molar-refractivity contribution in [2.45, 2.75) is 38.3 Å². The highest BCUT2D eigenvalue weighted by Gasteiger charge is 2.26. The first kappa shape index (κ1) is 18.4. The SMILES string of the molecule is Cc1nnnn1C(Cc1ccccc1)C(=O)NC1CCCNC1.Cl. The lowest BCUT2D eigenvalue weighted by atomic mass is 10.0. The van der Waals surface area contributed by atoms with E-state index in [1.807, 2.05) is 37.3 Å². The van der Waals surface area contributed by atoms with E-state index in [2.05, 4.69) is 26.2 Å². The largest absolute Gasteiger partial charge is 0.350 e. The minimum Gasteiger partial charge on any atom is -0.350 e. The van der Waals surface area contributed by atoms with Crippen LogP contribution in [0.4, 0.5) is 0 Å². The summed E-state index contributed by atoms with van der Waals surface area (Å²) in [5, 5.41) is 18.1. The number of aryl methyl sites for hydroxylation is 1. The fourth-order valence-corrected chi connectivity index (χ4v) is 2.93. The topological polar surface area (TPSA) is 84.7 Å². The predicted molar refractivity (Wildman–Crippen MR) is 93.0 cm³/mol. The molecule has 0 saturated carbocycles. The second-order valence-corrected chi connectivity index (χ2v) is 5.93. The standard InChI is InChI=1S/C16H22N6O.ClH/c1-12-19-20-21-22(12)15(10-13-6-3-2-4-7-13)16(23)18-14-8-5-9-17-11-14;/h2-4,6-7,14-15,17H,5,8-11H2,1H3,(H,18,23);1H. The van der Waals surface area contributed by atoms with Crippen LogP contribution < -0.4 is 10.6 Å². The van der Waals surface area contributed by atoms with Gasteiger partial charge in [0.15, 0.2) is 0 Å². The summed E-state index contributed by atoms with van der Waals surface area (Å²) in [4.78, 5) is 12.8. The average molecular weight is 351 g/mol. The lowest BCUT2D eigenvalue weighted by molar-refractivity contribution is -0.125. The smallest absolute Gasteiger partial charge is 0.245 e. The van der Waals surface area contributed by atoms with Gasteiger partial charge in [0.1, 0.15) is 11.9 Å². The Balaban J connectivity index is 0.00000208. The van der Waals surface area contributed by atoms with E-state index < -0.39 is 6.04 Å². The molecule has 1 aliphatic rings. The van der Waals surface area contributed by atoms with Crippen molar-refractivity contribution >= 4 is 18.3 Å². The molecule has 1 aromatic heterocycles. The zero-order chi connectivity index (χ0) is 16.1. The maximum Gasteiger partial charge on any atom is 0.245 e. The number of amides is 1. The Hall–Kier alpha value is -1.99. The molecule has 8 heteroatoms. The molecule has 0 radical (unpaired) electrons. The number of hydrogen-bond acceptors (Lipinski definition) is 5. The van der Waals surface area contributed by atoms with Gasteiger partial charge in [-0.2, -0.15) is 0 Å². The van der Waals surface area contributed by atoms with Crippen LogP contribution in [-0.4, -0.2) is 45.2 Å². The van der Waals surface area contributed by atoms with E-state index in [1.165, 1.54) is 0 Å². The Morgan fingerprint density at radius 3 is 2.83 bits per heavy atom. The summed E-state index contributed by atoms with van der Waals surface area (Å²) in [6, 6.07) is 9.68. The first-order valence-electron chi connectivity index (χ1n) is 8.03. The molecular weight excluding hydrogens is 328 g/mol. The molecule has 24 heavy (non-hydrogen) atoms. The second kappa shape index (κ2) is 8.75. The number of carbonyl (C=O) groups is 1. The molecule has 0 spiro atoms. The molecule has 1 aliphatic heterocycles. The lowest BCUT2D eigenvalue weighted by Gasteiger charge is -2.26. The molecule has 2 N–H and O–H groups in total. The fraction of sp³-hybridized carbons (Fsp3) is 0.500. The van der Waals surface area contributed by atoms with Crippen LogP contribution in [0.25, 0.3) is 0 Å². The maximum absolute atomic E-state index is 12.8. The van der Waals surface area contributed by atoms with Gasteiger partial charge < -0.3 is 10.6 Å². The van der Waals surface area contributed by atoms with Crippen LogP contribution in [0.5, 0.6) is 0 Å². The van der Waals surface area contributed by atoms with Gasteiger partial charge in [-0.25, -0.2) is 4.68 Å². The monoisotopic (exact) mass is 350 g/mol. The number of rotatable bonds is 5. The Bertz CT molecular complexity index is 641. The highest BCUT2D eigenvalue weighted by Crippen LogP contribution is 2.16. The van der Waals surface area contributed by atoms with Gasteiger partial charge in [-0.1, -0.05) is 30.3 Å². The maximum atomic E-state index is 12.8. The van der Waals surface area contributed by atoms with E-state index in [-0.39, 0.29) is 24.4 Å². The Morgan fingerprint density at radius 1 is 1.42 bits per heavy atom. The molecule has 1 saturated heterocycles. The average Bonchev–Trinajstić information content (AvgIpc) is 3.00. The number of tetrazole rings is 1. The van der Waals surface area contributed by atoms with Gasteiger partial charge in [0.05, 0.1) is 0 Å². The van der Waals surface area contributed by atoms with Crippen LogP contribution in [0.2, 0.25) is 0 Å².